The van der Waals surface area contributed by atoms with Crippen molar-refractivity contribution in [3.63, 3.8) is 0 Å². The lowest BCUT2D eigenvalue weighted by Crippen LogP contribution is -2.47. The Morgan fingerprint density at radius 3 is 3.19 bits per heavy atom. The van der Waals surface area contributed by atoms with Crippen molar-refractivity contribution in [1.82, 2.24) is 9.88 Å². The summed E-state index contributed by atoms with van der Waals surface area (Å²) in [6.45, 7) is 4.01. The molecule has 1 aromatic rings. The molecule has 21 heavy (non-hydrogen) atoms. The van der Waals surface area contributed by atoms with Crippen molar-refractivity contribution in [3.8, 4) is 0 Å². The maximum absolute atomic E-state index is 12.6. The Morgan fingerprint density at radius 2 is 2.48 bits per heavy atom. The van der Waals surface area contributed by atoms with Gasteiger partial charge in [0.1, 0.15) is 5.82 Å². The van der Waals surface area contributed by atoms with Gasteiger partial charge in [-0.25, -0.2) is 4.98 Å². The zero-order chi connectivity index (χ0) is 15.2. The summed E-state index contributed by atoms with van der Waals surface area (Å²) in [5.74, 6) is 0.472. The number of carbonyl (C=O) groups excluding carboxylic acids is 1. The normalized spacial score (nSPS) is 18.6. The molecule has 1 fully saturated rings. The molecule has 1 saturated heterocycles. The average molecular weight is 314 g/mol. The van der Waals surface area contributed by atoms with Crippen LogP contribution in [-0.4, -0.2) is 59.8 Å². The van der Waals surface area contributed by atoms with Gasteiger partial charge >= 0.3 is 0 Å². The highest BCUT2D eigenvalue weighted by Gasteiger charge is 2.26. The van der Waals surface area contributed by atoms with Gasteiger partial charge in [0, 0.05) is 25.8 Å². The number of carbonyl (C=O) groups is 1. The molecular formula is C14H20ClN3O3. The van der Waals surface area contributed by atoms with Gasteiger partial charge < -0.3 is 20.1 Å². The summed E-state index contributed by atoms with van der Waals surface area (Å²) in [6.07, 6.45) is 2.12. The highest BCUT2D eigenvalue weighted by molar-refractivity contribution is 6.33. The summed E-state index contributed by atoms with van der Waals surface area (Å²) < 4.78 is 5.35. The van der Waals surface area contributed by atoms with Crippen molar-refractivity contribution in [2.24, 2.45) is 0 Å². The first kappa shape index (κ1) is 16.0. The Morgan fingerprint density at radius 1 is 1.67 bits per heavy atom. The van der Waals surface area contributed by atoms with Crippen LogP contribution in [0.25, 0.3) is 0 Å². The topological polar surface area (TPSA) is 74.7 Å². The lowest BCUT2D eigenvalue weighted by molar-refractivity contribution is -0.0447. The average Bonchev–Trinajstić information content (AvgIpc) is 2.53. The standard InChI is InChI=1S/C14H20ClN3O3/c1-2-3-16-13-6-11(12(15)7-17-13)14(20)18-4-5-21-10(8-18)9-19/h6-7,10,19H,2-5,8-9H2,1H3,(H,16,17). The molecule has 1 amide bonds. The summed E-state index contributed by atoms with van der Waals surface area (Å²) in [4.78, 5) is 18.4. The zero-order valence-corrected chi connectivity index (χ0v) is 12.8. The molecule has 1 unspecified atom stereocenters. The number of halogens is 1. The summed E-state index contributed by atoms with van der Waals surface area (Å²) in [6, 6.07) is 1.67. The van der Waals surface area contributed by atoms with Crippen LogP contribution in [0, 0.1) is 0 Å². The Balaban J connectivity index is 2.13. The third-order valence-corrected chi connectivity index (χ3v) is 3.57. The van der Waals surface area contributed by atoms with Crippen LogP contribution in [0.4, 0.5) is 5.82 Å². The van der Waals surface area contributed by atoms with Crippen molar-refractivity contribution >= 4 is 23.3 Å². The van der Waals surface area contributed by atoms with Crippen LogP contribution in [0.3, 0.4) is 0 Å². The van der Waals surface area contributed by atoms with E-state index < -0.39 is 0 Å². The largest absolute Gasteiger partial charge is 0.394 e. The highest BCUT2D eigenvalue weighted by atomic mass is 35.5. The molecule has 2 heterocycles. The first-order chi connectivity index (χ1) is 10.2. The van der Waals surface area contributed by atoms with Gasteiger partial charge in [-0.05, 0) is 12.5 Å². The van der Waals surface area contributed by atoms with E-state index in [2.05, 4.69) is 17.2 Å². The van der Waals surface area contributed by atoms with Gasteiger partial charge in [-0.1, -0.05) is 18.5 Å². The second-order valence-corrected chi connectivity index (χ2v) is 5.31. The number of morpholine rings is 1. The van der Waals surface area contributed by atoms with Gasteiger partial charge in [0.25, 0.3) is 5.91 Å². The van der Waals surface area contributed by atoms with E-state index in [9.17, 15) is 4.79 Å². The molecule has 1 atom stereocenters. The fraction of sp³-hybridized carbons (Fsp3) is 0.571. The number of hydrogen-bond donors (Lipinski definition) is 2. The van der Waals surface area contributed by atoms with Crippen LogP contribution in [0.5, 0.6) is 0 Å². The predicted molar refractivity (Wildman–Crippen MR) is 80.8 cm³/mol. The van der Waals surface area contributed by atoms with Crippen molar-refractivity contribution in [1.29, 1.82) is 0 Å². The van der Waals surface area contributed by atoms with Crippen LogP contribution >= 0.6 is 11.6 Å². The Hall–Kier alpha value is -1.37. The molecule has 0 aromatic carbocycles. The number of aromatic nitrogens is 1. The monoisotopic (exact) mass is 313 g/mol. The number of aliphatic hydroxyl groups is 1. The number of nitrogens with zero attached hydrogens (tertiary/aromatic N) is 2. The fourth-order valence-corrected chi connectivity index (χ4v) is 2.32. The van der Waals surface area contributed by atoms with Gasteiger partial charge in [0.2, 0.25) is 0 Å². The van der Waals surface area contributed by atoms with E-state index in [1.54, 1.807) is 11.0 Å². The molecule has 2 N–H and O–H groups in total. The number of anilines is 1. The minimum Gasteiger partial charge on any atom is -0.394 e. The van der Waals surface area contributed by atoms with E-state index >= 15 is 0 Å². The summed E-state index contributed by atoms with van der Waals surface area (Å²) in [5, 5.41) is 12.6. The van der Waals surface area contributed by atoms with E-state index in [1.807, 2.05) is 0 Å². The maximum atomic E-state index is 12.6. The lowest BCUT2D eigenvalue weighted by Gasteiger charge is -2.32. The van der Waals surface area contributed by atoms with Crippen LogP contribution in [0.15, 0.2) is 12.3 Å². The first-order valence-corrected chi connectivity index (χ1v) is 7.44. The molecule has 0 radical (unpaired) electrons. The predicted octanol–water partition coefficient (Wildman–Crippen LogP) is 1.39. The minimum atomic E-state index is -0.332. The lowest BCUT2D eigenvalue weighted by atomic mass is 10.2. The van der Waals surface area contributed by atoms with E-state index in [4.69, 9.17) is 21.4 Å². The van der Waals surface area contributed by atoms with E-state index in [-0.39, 0.29) is 18.6 Å². The van der Waals surface area contributed by atoms with Crippen LogP contribution in [0.2, 0.25) is 5.02 Å². The van der Waals surface area contributed by atoms with Crippen molar-refractivity contribution < 1.29 is 14.6 Å². The number of pyridine rings is 1. The third-order valence-electron chi connectivity index (χ3n) is 3.27. The third kappa shape index (κ3) is 4.06. The minimum absolute atomic E-state index is 0.100. The molecule has 116 valence electrons. The number of hydrogen-bond acceptors (Lipinski definition) is 5. The molecule has 1 aliphatic heterocycles. The second-order valence-electron chi connectivity index (χ2n) is 4.90. The molecule has 0 saturated carbocycles. The van der Waals surface area contributed by atoms with Crippen molar-refractivity contribution in [2.45, 2.75) is 19.4 Å². The molecule has 7 heteroatoms. The summed E-state index contributed by atoms with van der Waals surface area (Å²) >= 11 is 6.10. The zero-order valence-electron chi connectivity index (χ0n) is 12.0. The van der Waals surface area contributed by atoms with Crippen molar-refractivity contribution in [3.05, 3.63) is 22.8 Å². The Kier molecular flexibility index (Phi) is 5.78. The molecule has 6 nitrogen and oxygen atoms in total. The molecule has 1 aliphatic rings. The van der Waals surface area contributed by atoms with E-state index in [1.165, 1.54) is 6.20 Å². The Labute approximate surface area is 129 Å². The summed E-state index contributed by atoms with van der Waals surface area (Å²) in [7, 11) is 0. The number of nitrogens with one attached hydrogen (secondary N) is 1. The van der Waals surface area contributed by atoms with Gasteiger partial charge in [-0.3, -0.25) is 4.79 Å². The molecule has 0 aliphatic carbocycles. The van der Waals surface area contributed by atoms with Crippen LogP contribution < -0.4 is 5.32 Å². The summed E-state index contributed by atoms with van der Waals surface area (Å²) in [5.41, 5.74) is 0.420. The van der Waals surface area contributed by atoms with Crippen molar-refractivity contribution in [2.75, 3.05) is 38.2 Å². The Bertz CT molecular complexity index is 498. The molecule has 2 rings (SSSR count). The number of ether oxygens (including phenoxy) is 1. The maximum Gasteiger partial charge on any atom is 0.255 e. The first-order valence-electron chi connectivity index (χ1n) is 7.06. The van der Waals surface area contributed by atoms with Gasteiger partial charge in [-0.2, -0.15) is 0 Å². The number of rotatable bonds is 5. The highest BCUT2D eigenvalue weighted by Crippen LogP contribution is 2.21. The quantitative estimate of drug-likeness (QED) is 0.859. The number of aliphatic hydroxyl groups excluding tert-OH is 1. The molecular weight excluding hydrogens is 294 g/mol. The van der Waals surface area contributed by atoms with Gasteiger partial charge in [0.15, 0.2) is 0 Å². The molecule has 1 aromatic heterocycles. The fourth-order valence-electron chi connectivity index (χ4n) is 2.14. The second kappa shape index (κ2) is 7.59. The SMILES string of the molecule is CCCNc1cc(C(=O)N2CCOC(CO)C2)c(Cl)cn1. The van der Waals surface area contributed by atoms with E-state index in [0.29, 0.717) is 36.1 Å². The van der Waals surface area contributed by atoms with Crippen LogP contribution in [0.1, 0.15) is 23.7 Å². The molecule has 0 spiro atoms. The van der Waals surface area contributed by atoms with Gasteiger partial charge in [0.05, 0.1) is 29.9 Å². The van der Waals surface area contributed by atoms with Gasteiger partial charge in [-0.15, -0.1) is 0 Å². The van der Waals surface area contributed by atoms with Crippen LogP contribution in [-0.2, 0) is 4.74 Å². The molecule has 0 bridgehead atoms. The van der Waals surface area contributed by atoms with E-state index in [0.717, 1.165) is 13.0 Å². The smallest absolute Gasteiger partial charge is 0.255 e. The number of amides is 1.